The number of carbonyl (C=O) groups is 10. The molecule has 0 radical (unpaired) electrons. The molecule has 4 aliphatic rings. The van der Waals surface area contributed by atoms with Gasteiger partial charge in [-0.15, -0.1) is 5.75 Å². The second-order valence-electron chi connectivity index (χ2n) is 28.7. The van der Waals surface area contributed by atoms with Gasteiger partial charge in [0, 0.05) is 11.1 Å². The monoisotopic (exact) mass is 1870 g/mol. The fourth-order valence-electron chi connectivity index (χ4n) is 13.8. The van der Waals surface area contributed by atoms with Crippen LogP contribution in [0.15, 0.2) is 91.0 Å². The number of rotatable bonds is 14. The van der Waals surface area contributed by atoms with Crippen molar-refractivity contribution in [3.8, 4) is 200 Å². The molecule has 10 aromatic rings. The molecular weight excluding hydrogens is 1820 g/mol. The Kier molecular flexibility index (Phi) is 23.2. The quantitative estimate of drug-likeness (QED) is 0.0413. The SMILES string of the molecule is O=C(O[C@@H]1O[C@@H]2COC(=O)c3cc(O)c(O)c(O)c3-c3c(cc(Oc4c(C(=O)O[C@@H]5O[C@@H]6COC(=O)c7cc(O)c(O)c(O)c7-c7c(cc(O)c(O)c7[O-])C(=O)O[C@H]6[C@H](OC(=O)c6cc(O)c(O)c(O)c6)[C@H]5OC(=O)c5cc(O)c(O)c(O)c5)cc(O)c([O-])c4O)c([O-])c3[O-])C(=O)O[C@H]2[C@H](OC(=O)c2cc(O)c(O)c(O)c2)[C@H]1OC(=O)c1cc(O)c(O)c(O)c1)c1cc(O)c(O)c(O)c1. The van der Waals surface area contributed by atoms with Crippen LogP contribution in [0.4, 0.5) is 0 Å². The summed E-state index contributed by atoms with van der Waals surface area (Å²) in [6.07, 6.45) is -29.2. The number of phenols is 25. The van der Waals surface area contributed by atoms with E-state index in [-0.39, 0.29) is 30.3 Å². The normalized spacial score (nSPS) is 19.1. The summed E-state index contributed by atoms with van der Waals surface area (Å²) in [4.78, 5) is 148. The molecule has 0 amide bonds. The second kappa shape index (κ2) is 34.2. The Balaban J connectivity index is 0.929. The zero-order chi connectivity index (χ0) is 97.7. The Hall–Kier alpha value is -19.2. The molecule has 10 atom stereocenters. The summed E-state index contributed by atoms with van der Waals surface area (Å²) in [5.74, 6) is -69.6. The van der Waals surface area contributed by atoms with Gasteiger partial charge in [-0.1, -0.05) is 11.5 Å². The van der Waals surface area contributed by atoms with E-state index in [0.717, 1.165) is 0 Å². The Morgan fingerprint density at radius 1 is 0.269 bits per heavy atom. The minimum absolute atomic E-state index is 0.0422. The summed E-state index contributed by atoms with van der Waals surface area (Å²) in [7, 11) is 0. The molecule has 2 fully saturated rings. The minimum Gasteiger partial charge on any atom is -0.872 e. The van der Waals surface area contributed by atoms with Crippen molar-refractivity contribution in [2.24, 2.45) is 0 Å². The van der Waals surface area contributed by atoms with Crippen LogP contribution >= 0.6 is 0 Å². The van der Waals surface area contributed by atoms with E-state index in [9.17, 15) is 171 Å². The van der Waals surface area contributed by atoms with Crippen LogP contribution in [0.3, 0.4) is 0 Å². The van der Waals surface area contributed by atoms with Crippen molar-refractivity contribution in [3.05, 3.63) is 147 Å². The molecule has 4 heterocycles. The predicted molar refractivity (Wildman–Crippen MR) is 406 cm³/mol. The maximum atomic E-state index is 15.8. The van der Waals surface area contributed by atoms with Crippen LogP contribution in [0.2, 0.25) is 0 Å². The number of hydrogen-bond acceptors (Lipinski definition) is 52. The summed E-state index contributed by atoms with van der Waals surface area (Å²) in [6.45, 7) is -3.28. The number of esters is 10. The van der Waals surface area contributed by atoms with Crippen molar-refractivity contribution in [2.75, 3.05) is 13.2 Å². The number of cyclic esters (lactones) is 2. The average molecular weight is 1870 g/mol. The smallest absolute Gasteiger partial charge is 0.344 e. The Morgan fingerprint density at radius 2 is 0.552 bits per heavy atom. The van der Waals surface area contributed by atoms with Gasteiger partial charge in [0.1, 0.15) is 48.2 Å². The molecule has 2 saturated heterocycles. The minimum atomic E-state index is -3.21. The van der Waals surface area contributed by atoms with Crippen molar-refractivity contribution in [1.29, 1.82) is 0 Å². The number of ether oxygens (including phenoxy) is 13. The first-order valence-corrected chi connectivity index (χ1v) is 36.9. The molecule has 14 rings (SSSR count). The first kappa shape index (κ1) is 91.0. The molecule has 25 N–H and O–H groups in total. The standard InChI is InChI=1S/C82H58O52/c83-28-1-18(2-29(84)49(28)97)71(112)129-67-66-43(125-81(133-75(116)22-9-36(91)53(101)37(92)10-22)69(67)131-73(114)20-5-32(87)51(99)33(88)6-20)16-122-77(118)24-12-39(94)55(103)60(108)46(24)48-26(79(120)128-66)15-42(58(106)62(48)110)124-64-27(14-41(96)57(105)63(64)111)80(121)134-82-70(132-74(115)21-7-34(89)52(100)35(90)8-21)68(130-72(113)19-3-30(85)50(98)31(86)4-19)65-44(126-82)17-123-76(117)23-11-38(93)54(102)59(107)45(23)47-25(78(119)127-65)13-40(95)56(104)61(47)109/h1-15,43-44,65-70,81-111H,16-17H2/p-4/t43-,44-,65-,66-,67+,68+,69-,70-,81+,82+/m1/s1. The van der Waals surface area contributed by atoms with E-state index in [2.05, 4.69) is 0 Å². The molecule has 0 aromatic heterocycles. The van der Waals surface area contributed by atoms with Crippen molar-refractivity contribution in [3.63, 3.8) is 0 Å². The lowest BCUT2D eigenvalue weighted by Crippen LogP contribution is -2.63. The molecule has 134 heavy (non-hydrogen) atoms. The Labute approximate surface area is 736 Å². The topological polar surface area (TPSA) is 889 Å². The highest BCUT2D eigenvalue weighted by Crippen LogP contribution is 2.57. The fraction of sp³-hybridized carbons (Fsp3) is 0.146. The molecule has 52 nitrogen and oxygen atoms in total. The van der Waals surface area contributed by atoms with E-state index in [0.29, 0.717) is 60.7 Å². The molecule has 4 aliphatic heterocycles. The molecule has 0 bridgehead atoms. The van der Waals surface area contributed by atoms with E-state index >= 15 is 24.6 Å². The van der Waals surface area contributed by atoms with Crippen LogP contribution < -0.4 is 25.2 Å². The third-order valence-electron chi connectivity index (χ3n) is 20.3. The summed E-state index contributed by atoms with van der Waals surface area (Å²) >= 11 is 0. The first-order valence-electron chi connectivity index (χ1n) is 36.9. The van der Waals surface area contributed by atoms with Gasteiger partial charge in [0.2, 0.25) is 36.3 Å². The lowest BCUT2D eigenvalue weighted by Gasteiger charge is -2.44. The second-order valence-corrected chi connectivity index (χ2v) is 28.7. The van der Waals surface area contributed by atoms with Gasteiger partial charge in [-0.25, -0.2) is 47.9 Å². The number of hydrogen-bond donors (Lipinski definition) is 25. The van der Waals surface area contributed by atoms with Crippen LogP contribution in [-0.2, 0) is 56.8 Å². The van der Waals surface area contributed by atoms with Crippen LogP contribution in [0, 0.1) is 0 Å². The van der Waals surface area contributed by atoms with E-state index in [4.69, 9.17) is 61.6 Å². The first-order chi connectivity index (χ1) is 63.0. The van der Waals surface area contributed by atoms with Crippen molar-refractivity contribution >= 4 is 59.7 Å². The lowest BCUT2D eigenvalue weighted by atomic mass is 9.91. The predicted octanol–water partition coefficient (Wildman–Crippen LogP) is 1.21. The summed E-state index contributed by atoms with van der Waals surface area (Å²) < 4.78 is 73.9. The highest BCUT2D eigenvalue weighted by Gasteiger charge is 2.58. The van der Waals surface area contributed by atoms with E-state index in [1.165, 1.54) is 0 Å². The van der Waals surface area contributed by atoms with Gasteiger partial charge in [0.15, 0.2) is 151 Å². The number of benzene rings is 10. The van der Waals surface area contributed by atoms with Crippen LogP contribution in [0.5, 0.6) is 178 Å². The number of fused-ring (bicyclic) bond motifs is 8. The van der Waals surface area contributed by atoms with Gasteiger partial charge >= 0.3 is 59.7 Å². The van der Waals surface area contributed by atoms with E-state index in [1.807, 2.05) is 0 Å². The Bertz CT molecular complexity index is 6630. The highest BCUT2D eigenvalue weighted by atomic mass is 16.8. The van der Waals surface area contributed by atoms with Gasteiger partial charge in [-0.05, 0) is 108 Å². The molecule has 0 aliphatic carbocycles. The molecule has 0 spiro atoms. The van der Waals surface area contributed by atoms with Crippen molar-refractivity contribution in [2.45, 2.75) is 61.4 Å². The van der Waals surface area contributed by atoms with Gasteiger partial charge in [0.25, 0.3) is 0 Å². The maximum absolute atomic E-state index is 15.8. The zero-order valence-corrected chi connectivity index (χ0v) is 65.6. The zero-order valence-electron chi connectivity index (χ0n) is 65.6. The van der Waals surface area contributed by atoms with Crippen LogP contribution in [-0.4, -0.2) is 262 Å². The number of phenolic OH excluding ortho intramolecular Hbond substituents is 25. The Morgan fingerprint density at radius 3 is 0.896 bits per heavy atom. The number of carbonyl (C=O) groups excluding carboxylic acids is 10. The third kappa shape index (κ3) is 16.2. The summed E-state index contributed by atoms with van der Waals surface area (Å²) in [5.41, 5.74) is -18.9. The van der Waals surface area contributed by atoms with Gasteiger partial charge in [-0.3, -0.25) is 0 Å². The van der Waals surface area contributed by atoms with Crippen molar-refractivity contribution in [1.82, 2.24) is 0 Å². The fourth-order valence-corrected chi connectivity index (χ4v) is 13.8. The van der Waals surface area contributed by atoms with E-state index in [1.54, 1.807) is 0 Å². The molecular formula is C82H54O52-4. The summed E-state index contributed by atoms with van der Waals surface area (Å²) in [5, 5.41) is 326. The molecule has 52 heteroatoms. The van der Waals surface area contributed by atoms with Gasteiger partial charge in [0.05, 0.1) is 50.1 Å². The lowest BCUT2D eigenvalue weighted by molar-refractivity contribution is -0.317. The number of aromatic hydroxyl groups is 25. The van der Waals surface area contributed by atoms with Crippen molar-refractivity contribution < 1.29 is 258 Å². The van der Waals surface area contributed by atoms with Crippen LogP contribution in [0.25, 0.3) is 22.3 Å². The summed E-state index contributed by atoms with van der Waals surface area (Å²) in [6, 6.07) is 4.21. The molecule has 0 unspecified atom stereocenters. The van der Waals surface area contributed by atoms with Gasteiger partial charge < -0.3 is 210 Å². The average Bonchev–Trinajstić information content (AvgIpc) is 1.06. The third-order valence-corrected chi connectivity index (χ3v) is 20.3. The highest BCUT2D eigenvalue weighted by molar-refractivity contribution is 6.10. The van der Waals surface area contributed by atoms with E-state index < -0.39 is 390 Å². The van der Waals surface area contributed by atoms with Gasteiger partial charge in [-0.2, -0.15) is 0 Å². The van der Waals surface area contributed by atoms with Crippen LogP contribution in [0.1, 0.15) is 104 Å². The molecule has 10 aromatic carbocycles. The largest absolute Gasteiger partial charge is 0.872 e. The molecule has 698 valence electrons. The maximum Gasteiger partial charge on any atom is 0.344 e. The molecule has 0 saturated carbocycles.